The van der Waals surface area contributed by atoms with Crippen LogP contribution >= 0.6 is 0 Å². The van der Waals surface area contributed by atoms with Gasteiger partial charge >= 0.3 is 0 Å². The number of methoxy groups -OCH3 is 1. The van der Waals surface area contributed by atoms with Crippen molar-refractivity contribution in [3.05, 3.63) is 35.6 Å². The zero-order valence-electron chi connectivity index (χ0n) is 12.7. The minimum absolute atomic E-state index is 0.0788. The quantitative estimate of drug-likeness (QED) is 0.900. The van der Waals surface area contributed by atoms with Crippen molar-refractivity contribution in [2.24, 2.45) is 5.41 Å². The smallest absolute Gasteiger partial charge is 0.231 e. The molecule has 1 aliphatic rings. The number of hydrogen-bond donors (Lipinski definition) is 1. The molecule has 1 heterocycles. The molecular formula is C16H23FN2O2. The molecule has 21 heavy (non-hydrogen) atoms. The molecule has 0 atom stereocenters. The van der Waals surface area contributed by atoms with E-state index in [0.717, 1.165) is 31.5 Å². The largest absolute Gasteiger partial charge is 0.384 e. The Bertz CT molecular complexity index is 481. The SMILES string of the molecule is COCC1(C(=O)N(C)Cc2cccc(F)c2)CCNCC1. The van der Waals surface area contributed by atoms with Crippen molar-refractivity contribution in [1.82, 2.24) is 10.2 Å². The van der Waals surface area contributed by atoms with Crippen LogP contribution in [0.1, 0.15) is 18.4 Å². The molecule has 0 unspecified atom stereocenters. The van der Waals surface area contributed by atoms with Crippen molar-refractivity contribution in [3.63, 3.8) is 0 Å². The number of carbonyl (C=O) groups excluding carboxylic acids is 1. The number of amides is 1. The van der Waals surface area contributed by atoms with Crippen molar-refractivity contribution < 1.29 is 13.9 Å². The lowest BCUT2D eigenvalue weighted by Gasteiger charge is -2.38. The Morgan fingerprint density at radius 1 is 1.43 bits per heavy atom. The van der Waals surface area contributed by atoms with Crippen molar-refractivity contribution in [2.45, 2.75) is 19.4 Å². The Kier molecular flexibility index (Phi) is 5.31. The topological polar surface area (TPSA) is 41.6 Å². The molecular weight excluding hydrogens is 271 g/mol. The molecule has 1 amide bonds. The van der Waals surface area contributed by atoms with Crippen LogP contribution in [0.4, 0.5) is 4.39 Å². The second-order valence-electron chi connectivity index (χ2n) is 5.75. The summed E-state index contributed by atoms with van der Waals surface area (Å²) in [5, 5.41) is 3.27. The molecule has 0 aromatic heterocycles. The fraction of sp³-hybridized carbons (Fsp3) is 0.562. The van der Waals surface area contributed by atoms with Crippen molar-refractivity contribution >= 4 is 5.91 Å². The van der Waals surface area contributed by atoms with Gasteiger partial charge in [0.15, 0.2) is 0 Å². The predicted molar refractivity (Wildman–Crippen MR) is 79.3 cm³/mol. The number of rotatable bonds is 5. The van der Waals surface area contributed by atoms with Crippen LogP contribution in [0, 0.1) is 11.2 Å². The third kappa shape index (κ3) is 3.80. The van der Waals surface area contributed by atoms with Crippen LogP contribution in [0.2, 0.25) is 0 Å². The summed E-state index contributed by atoms with van der Waals surface area (Å²) in [6, 6.07) is 6.37. The molecule has 116 valence electrons. The summed E-state index contributed by atoms with van der Waals surface area (Å²) in [7, 11) is 3.40. The first-order valence-electron chi connectivity index (χ1n) is 7.27. The molecule has 1 aromatic rings. The van der Waals surface area contributed by atoms with E-state index >= 15 is 0 Å². The van der Waals surface area contributed by atoms with Gasteiger partial charge in [-0.3, -0.25) is 4.79 Å². The highest BCUT2D eigenvalue weighted by molar-refractivity contribution is 5.83. The van der Waals surface area contributed by atoms with E-state index in [1.807, 2.05) is 6.07 Å². The summed E-state index contributed by atoms with van der Waals surface area (Å²) in [6.07, 6.45) is 1.54. The summed E-state index contributed by atoms with van der Waals surface area (Å²) in [4.78, 5) is 14.5. The van der Waals surface area contributed by atoms with Crippen LogP contribution in [0.3, 0.4) is 0 Å². The molecule has 0 spiro atoms. The van der Waals surface area contributed by atoms with Gasteiger partial charge in [-0.2, -0.15) is 0 Å². The van der Waals surface area contributed by atoms with Gasteiger partial charge in [-0.05, 0) is 43.6 Å². The van der Waals surface area contributed by atoms with Crippen LogP contribution in [0.25, 0.3) is 0 Å². The minimum atomic E-state index is -0.456. The number of benzene rings is 1. The van der Waals surface area contributed by atoms with Gasteiger partial charge in [0.1, 0.15) is 5.82 Å². The van der Waals surface area contributed by atoms with Crippen LogP contribution in [0.15, 0.2) is 24.3 Å². The Labute approximate surface area is 125 Å². The van der Waals surface area contributed by atoms with E-state index in [9.17, 15) is 9.18 Å². The lowest BCUT2D eigenvalue weighted by molar-refractivity contribution is -0.146. The molecule has 0 bridgehead atoms. The normalized spacial score (nSPS) is 17.5. The molecule has 4 nitrogen and oxygen atoms in total. The van der Waals surface area contributed by atoms with E-state index in [1.165, 1.54) is 12.1 Å². The van der Waals surface area contributed by atoms with E-state index in [1.54, 1.807) is 25.1 Å². The minimum Gasteiger partial charge on any atom is -0.384 e. The molecule has 1 fully saturated rings. The second kappa shape index (κ2) is 7.00. The highest BCUT2D eigenvalue weighted by Crippen LogP contribution is 2.31. The summed E-state index contributed by atoms with van der Waals surface area (Å²) in [5.41, 5.74) is 0.342. The first kappa shape index (κ1) is 15.9. The zero-order valence-corrected chi connectivity index (χ0v) is 12.7. The summed E-state index contributed by atoms with van der Waals surface area (Å²) < 4.78 is 18.5. The van der Waals surface area contributed by atoms with Gasteiger partial charge in [-0.25, -0.2) is 4.39 Å². The first-order valence-corrected chi connectivity index (χ1v) is 7.27. The Balaban J connectivity index is 2.09. The zero-order chi connectivity index (χ0) is 15.3. The van der Waals surface area contributed by atoms with Crippen LogP contribution in [-0.4, -0.2) is 44.7 Å². The summed E-state index contributed by atoms with van der Waals surface area (Å²) in [6.45, 7) is 2.49. The highest BCUT2D eigenvalue weighted by atomic mass is 19.1. The number of hydrogen-bond acceptors (Lipinski definition) is 3. The third-order valence-corrected chi connectivity index (χ3v) is 4.09. The standard InChI is InChI=1S/C16H23FN2O2/c1-19(11-13-4-3-5-14(17)10-13)15(20)16(12-21-2)6-8-18-9-7-16/h3-5,10,18H,6-9,11-12H2,1-2H3. The average Bonchev–Trinajstić information content (AvgIpc) is 2.47. The molecule has 1 aliphatic heterocycles. The van der Waals surface area contributed by atoms with E-state index in [2.05, 4.69) is 5.32 Å². The molecule has 5 heteroatoms. The Morgan fingerprint density at radius 3 is 2.76 bits per heavy atom. The van der Waals surface area contributed by atoms with Crippen LogP contribution in [-0.2, 0) is 16.1 Å². The van der Waals surface area contributed by atoms with Crippen LogP contribution < -0.4 is 5.32 Å². The number of piperidine rings is 1. The lowest BCUT2D eigenvalue weighted by Crippen LogP contribution is -2.50. The summed E-state index contributed by atoms with van der Waals surface area (Å²) >= 11 is 0. The lowest BCUT2D eigenvalue weighted by atomic mass is 9.78. The van der Waals surface area contributed by atoms with E-state index in [0.29, 0.717) is 13.2 Å². The van der Waals surface area contributed by atoms with Crippen molar-refractivity contribution in [1.29, 1.82) is 0 Å². The maximum Gasteiger partial charge on any atom is 0.231 e. The van der Waals surface area contributed by atoms with Gasteiger partial charge in [-0.1, -0.05) is 12.1 Å². The van der Waals surface area contributed by atoms with E-state index in [4.69, 9.17) is 4.74 Å². The second-order valence-corrected chi connectivity index (χ2v) is 5.75. The van der Waals surface area contributed by atoms with Gasteiger partial charge in [0.25, 0.3) is 0 Å². The Hall–Kier alpha value is -1.46. The van der Waals surface area contributed by atoms with Crippen molar-refractivity contribution in [2.75, 3.05) is 33.9 Å². The molecule has 1 N–H and O–H groups in total. The number of nitrogens with zero attached hydrogens (tertiary/aromatic N) is 1. The average molecular weight is 294 g/mol. The molecule has 0 radical (unpaired) electrons. The number of nitrogens with one attached hydrogen (secondary N) is 1. The molecule has 0 aliphatic carbocycles. The highest BCUT2D eigenvalue weighted by Gasteiger charge is 2.41. The number of carbonyl (C=O) groups is 1. The van der Waals surface area contributed by atoms with Gasteiger partial charge in [0, 0.05) is 20.7 Å². The fourth-order valence-electron chi connectivity index (χ4n) is 2.99. The molecule has 2 rings (SSSR count). The summed E-state index contributed by atoms with van der Waals surface area (Å²) in [5.74, 6) is -0.197. The molecule has 0 saturated carbocycles. The van der Waals surface area contributed by atoms with Gasteiger partial charge in [0.2, 0.25) is 5.91 Å². The van der Waals surface area contributed by atoms with E-state index < -0.39 is 5.41 Å². The van der Waals surface area contributed by atoms with Crippen LogP contribution in [0.5, 0.6) is 0 Å². The van der Waals surface area contributed by atoms with Crippen molar-refractivity contribution in [3.8, 4) is 0 Å². The Morgan fingerprint density at radius 2 is 2.14 bits per heavy atom. The third-order valence-electron chi connectivity index (χ3n) is 4.09. The maximum atomic E-state index is 13.2. The van der Waals surface area contributed by atoms with Gasteiger partial charge < -0.3 is 15.0 Å². The van der Waals surface area contributed by atoms with E-state index in [-0.39, 0.29) is 11.7 Å². The fourth-order valence-corrected chi connectivity index (χ4v) is 2.99. The predicted octanol–water partition coefficient (Wildman–Crippen LogP) is 1.80. The molecule has 1 saturated heterocycles. The maximum absolute atomic E-state index is 13.2. The van der Waals surface area contributed by atoms with Gasteiger partial charge in [0.05, 0.1) is 12.0 Å². The monoisotopic (exact) mass is 294 g/mol. The number of halogens is 1. The molecule has 1 aromatic carbocycles. The number of ether oxygens (including phenoxy) is 1. The van der Waals surface area contributed by atoms with Gasteiger partial charge in [-0.15, -0.1) is 0 Å². The first-order chi connectivity index (χ1) is 10.1.